The monoisotopic (exact) mass is 401 g/mol. The van der Waals surface area contributed by atoms with Crippen LogP contribution in [0.1, 0.15) is 135 Å². The molecule has 1 amide bonds. The predicted molar refractivity (Wildman–Crippen MR) is 122 cm³/mol. The summed E-state index contributed by atoms with van der Waals surface area (Å²) in [5.74, 6) is 3.18. The topological polar surface area (TPSA) is 29.1 Å². The van der Waals surface area contributed by atoms with Gasteiger partial charge in [0.25, 0.3) is 0 Å². The highest BCUT2D eigenvalue weighted by molar-refractivity contribution is 5.74. The molecule has 166 valence electrons. The van der Waals surface area contributed by atoms with Gasteiger partial charge in [-0.1, -0.05) is 96.3 Å². The zero-order chi connectivity index (χ0) is 20.2. The van der Waals surface area contributed by atoms with Gasteiger partial charge in [0, 0.05) is 12.5 Å². The van der Waals surface area contributed by atoms with Crippen molar-refractivity contribution >= 4 is 5.91 Å². The molecular formula is C27H47NO. The maximum Gasteiger partial charge on any atom is 0.217 e. The van der Waals surface area contributed by atoms with Crippen LogP contribution in [0.25, 0.3) is 0 Å². The quantitative estimate of drug-likeness (QED) is 0.519. The van der Waals surface area contributed by atoms with E-state index in [0.717, 1.165) is 17.8 Å². The zero-order valence-corrected chi connectivity index (χ0v) is 19.3. The number of rotatable bonds is 3. The summed E-state index contributed by atoms with van der Waals surface area (Å²) in [6.07, 6.45) is 29.2. The Morgan fingerprint density at radius 1 is 0.621 bits per heavy atom. The molecule has 0 aromatic heterocycles. The van der Waals surface area contributed by atoms with Gasteiger partial charge in [0.05, 0.1) is 0 Å². The van der Waals surface area contributed by atoms with E-state index in [4.69, 9.17) is 0 Å². The van der Waals surface area contributed by atoms with Crippen LogP contribution in [0.4, 0.5) is 0 Å². The first-order valence-electron chi connectivity index (χ1n) is 13.4. The summed E-state index contributed by atoms with van der Waals surface area (Å²) < 4.78 is 0. The van der Waals surface area contributed by atoms with Crippen molar-refractivity contribution in [1.29, 1.82) is 0 Å². The maximum atomic E-state index is 11.5. The van der Waals surface area contributed by atoms with E-state index in [9.17, 15) is 4.79 Å². The van der Waals surface area contributed by atoms with Gasteiger partial charge in [0.2, 0.25) is 5.91 Å². The average Bonchev–Trinajstić information content (AvgIpc) is 2.65. The lowest BCUT2D eigenvalue weighted by Gasteiger charge is -2.73. The molecule has 2 unspecified atom stereocenters. The highest BCUT2D eigenvalue weighted by Gasteiger charge is 2.70. The van der Waals surface area contributed by atoms with Crippen LogP contribution in [0, 0.1) is 23.2 Å². The molecule has 29 heavy (non-hydrogen) atoms. The van der Waals surface area contributed by atoms with E-state index >= 15 is 0 Å². The normalized spacial score (nSPS) is 40.2. The molecule has 2 bridgehead atoms. The Balaban J connectivity index is 1.29. The van der Waals surface area contributed by atoms with Crippen LogP contribution in [0.5, 0.6) is 0 Å². The van der Waals surface area contributed by atoms with Gasteiger partial charge >= 0.3 is 0 Å². The summed E-state index contributed by atoms with van der Waals surface area (Å²) in [7, 11) is 0. The Labute approximate surface area is 180 Å². The number of nitrogens with one attached hydrogen (secondary N) is 1. The van der Waals surface area contributed by atoms with Crippen molar-refractivity contribution in [2.45, 2.75) is 141 Å². The van der Waals surface area contributed by atoms with Crippen LogP contribution in [-0.2, 0) is 4.79 Å². The second kappa shape index (κ2) is 9.73. The Morgan fingerprint density at radius 2 is 1.03 bits per heavy atom. The predicted octanol–water partition coefficient (Wildman–Crippen LogP) is 7.55. The number of carbonyl (C=O) groups excluding carboxylic acids is 1. The summed E-state index contributed by atoms with van der Waals surface area (Å²) in [5.41, 5.74) is 0.841. The van der Waals surface area contributed by atoms with E-state index in [1.54, 1.807) is 6.92 Å². The fourth-order valence-electron chi connectivity index (χ4n) is 8.09. The molecule has 0 saturated heterocycles. The van der Waals surface area contributed by atoms with Crippen molar-refractivity contribution in [3.63, 3.8) is 0 Å². The van der Waals surface area contributed by atoms with E-state index in [1.807, 2.05) is 0 Å². The summed E-state index contributed by atoms with van der Waals surface area (Å²) >= 11 is 0. The molecule has 5 saturated carbocycles. The minimum atomic E-state index is 0.179. The van der Waals surface area contributed by atoms with Crippen LogP contribution in [0.15, 0.2) is 0 Å². The minimum Gasteiger partial charge on any atom is -0.351 e. The highest BCUT2D eigenvalue weighted by Crippen LogP contribution is 2.72. The minimum absolute atomic E-state index is 0.179. The molecule has 5 aliphatic carbocycles. The fourth-order valence-corrected chi connectivity index (χ4v) is 8.09. The van der Waals surface area contributed by atoms with Crippen LogP contribution < -0.4 is 5.32 Å². The first kappa shape index (κ1) is 21.7. The van der Waals surface area contributed by atoms with Crippen molar-refractivity contribution in [3.8, 4) is 0 Å². The Hall–Kier alpha value is -0.530. The smallest absolute Gasteiger partial charge is 0.217 e. The summed E-state index contributed by atoms with van der Waals surface area (Å²) in [4.78, 5) is 11.5. The molecule has 0 aromatic carbocycles. The van der Waals surface area contributed by atoms with Crippen molar-refractivity contribution in [2.75, 3.05) is 0 Å². The van der Waals surface area contributed by atoms with Crippen LogP contribution in [0.3, 0.4) is 0 Å². The molecule has 5 rings (SSSR count). The van der Waals surface area contributed by atoms with E-state index in [0.29, 0.717) is 5.41 Å². The molecule has 2 atom stereocenters. The lowest BCUT2D eigenvalue weighted by Crippen LogP contribution is -2.76. The summed E-state index contributed by atoms with van der Waals surface area (Å²) in [6, 6.07) is 0. The molecule has 0 spiro atoms. The molecule has 2 nitrogen and oxygen atoms in total. The first-order chi connectivity index (χ1) is 14.1. The molecule has 1 N–H and O–H groups in total. The second-order valence-electron chi connectivity index (χ2n) is 11.7. The third kappa shape index (κ3) is 5.21. The van der Waals surface area contributed by atoms with Gasteiger partial charge in [0.1, 0.15) is 0 Å². The average molecular weight is 402 g/mol. The summed E-state index contributed by atoms with van der Waals surface area (Å²) in [6.45, 7) is 1.69. The van der Waals surface area contributed by atoms with Gasteiger partial charge in [-0.15, -0.1) is 0 Å². The standard InChI is InChI=1S/C27H47NO/c1-22(29)28-27-19-26(20-27,21-27)25-17-11-7-10-15-24(16-12-18-25)23-13-8-5-3-2-4-6-9-14-23/h23-25H,2-21H2,1H3,(H,28,29). The van der Waals surface area contributed by atoms with Gasteiger partial charge < -0.3 is 5.32 Å². The first-order valence-corrected chi connectivity index (χ1v) is 13.4. The number of hydrogen-bond acceptors (Lipinski definition) is 1. The molecule has 5 fully saturated rings. The van der Waals surface area contributed by atoms with Crippen LogP contribution >= 0.6 is 0 Å². The fraction of sp³-hybridized carbons (Fsp3) is 0.963. The van der Waals surface area contributed by atoms with Gasteiger partial charge in [-0.2, -0.15) is 0 Å². The van der Waals surface area contributed by atoms with Crippen molar-refractivity contribution in [3.05, 3.63) is 0 Å². The van der Waals surface area contributed by atoms with Crippen LogP contribution in [-0.4, -0.2) is 11.4 Å². The molecule has 0 aromatic rings. The molecular weight excluding hydrogens is 354 g/mol. The zero-order valence-electron chi connectivity index (χ0n) is 19.3. The molecule has 2 heteroatoms. The second-order valence-corrected chi connectivity index (χ2v) is 11.7. The third-order valence-corrected chi connectivity index (χ3v) is 9.45. The molecule has 0 aliphatic heterocycles. The Bertz CT molecular complexity index is 511. The van der Waals surface area contributed by atoms with Crippen molar-refractivity contribution in [1.82, 2.24) is 5.32 Å². The van der Waals surface area contributed by atoms with E-state index < -0.39 is 0 Å². The van der Waals surface area contributed by atoms with Gasteiger partial charge in [-0.25, -0.2) is 0 Å². The number of carbonyl (C=O) groups is 1. The lowest BCUT2D eigenvalue weighted by molar-refractivity contribution is -0.196. The van der Waals surface area contributed by atoms with Crippen molar-refractivity contribution < 1.29 is 4.79 Å². The Morgan fingerprint density at radius 3 is 1.59 bits per heavy atom. The van der Waals surface area contributed by atoms with E-state index in [2.05, 4.69) is 5.32 Å². The largest absolute Gasteiger partial charge is 0.351 e. The molecule has 0 heterocycles. The SMILES string of the molecule is CC(=O)NC12CC(C3CCCCCC(C4CCCCCCCCC4)CCC3)(C1)C2. The highest BCUT2D eigenvalue weighted by atomic mass is 16.1. The molecule has 0 radical (unpaired) electrons. The van der Waals surface area contributed by atoms with Gasteiger partial charge in [-0.3, -0.25) is 4.79 Å². The molecule has 5 aliphatic rings. The number of hydrogen-bond donors (Lipinski definition) is 1. The van der Waals surface area contributed by atoms with E-state index in [1.165, 1.54) is 128 Å². The van der Waals surface area contributed by atoms with Crippen LogP contribution in [0.2, 0.25) is 0 Å². The lowest BCUT2D eigenvalue weighted by atomic mass is 9.35. The Kier molecular flexibility index (Phi) is 7.28. The van der Waals surface area contributed by atoms with Gasteiger partial charge in [-0.05, 0) is 55.3 Å². The summed E-state index contributed by atoms with van der Waals surface area (Å²) in [5, 5.41) is 3.27. The maximum absolute atomic E-state index is 11.5. The third-order valence-electron chi connectivity index (χ3n) is 9.45. The van der Waals surface area contributed by atoms with E-state index in [-0.39, 0.29) is 11.4 Å². The van der Waals surface area contributed by atoms with Crippen molar-refractivity contribution in [2.24, 2.45) is 23.2 Å². The number of amides is 1. The van der Waals surface area contributed by atoms with Gasteiger partial charge in [0.15, 0.2) is 0 Å².